The number of aryl methyl sites for hydroxylation is 1. The molecule has 0 atom stereocenters. The quantitative estimate of drug-likeness (QED) is 0.803. The molecule has 0 aliphatic rings. The number of rotatable bonds is 3. The van der Waals surface area contributed by atoms with Crippen molar-refractivity contribution in [2.24, 2.45) is 0 Å². The molecule has 0 unspecified atom stereocenters. The van der Waals surface area contributed by atoms with Gasteiger partial charge in [-0.25, -0.2) is 0 Å². The maximum absolute atomic E-state index is 9.43. The van der Waals surface area contributed by atoms with Gasteiger partial charge in [0.25, 0.3) is 0 Å². The minimum absolute atomic E-state index is 0.156. The smallest absolute Gasteiger partial charge is 0.117 e. The molecule has 3 nitrogen and oxygen atoms in total. The van der Waals surface area contributed by atoms with Crippen molar-refractivity contribution < 1.29 is 10.2 Å². The van der Waals surface area contributed by atoms with Gasteiger partial charge >= 0.3 is 0 Å². The fourth-order valence-corrected chi connectivity index (χ4v) is 1.94. The molecule has 0 aliphatic carbocycles. The van der Waals surface area contributed by atoms with Gasteiger partial charge in [-0.1, -0.05) is 0 Å². The van der Waals surface area contributed by atoms with Crippen molar-refractivity contribution in [3.05, 3.63) is 30.0 Å². The molecule has 0 bridgehead atoms. The van der Waals surface area contributed by atoms with Crippen molar-refractivity contribution in [2.45, 2.75) is 19.9 Å². The molecule has 0 amide bonds. The highest BCUT2D eigenvalue weighted by atomic mass is 16.3. The lowest BCUT2D eigenvalue weighted by Crippen LogP contribution is -1.91. The van der Waals surface area contributed by atoms with Gasteiger partial charge in [-0.15, -0.1) is 0 Å². The third-order valence-electron chi connectivity index (χ3n) is 2.67. The largest absolute Gasteiger partial charge is 0.508 e. The normalized spacial score (nSPS) is 11.1. The summed E-state index contributed by atoms with van der Waals surface area (Å²) in [6, 6.07) is 5.35. The molecule has 1 aromatic carbocycles. The molecule has 0 aliphatic heterocycles. The standard InChI is InChI=1S/C12H15NO2/c1-2-13-8-9(5-6-14)11-4-3-10(15)7-12(11)13/h3-4,7-8,14-15H,2,5-6H2,1H3. The Morgan fingerprint density at radius 1 is 1.33 bits per heavy atom. The van der Waals surface area contributed by atoms with Gasteiger partial charge < -0.3 is 14.8 Å². The SMILES string of the molecule is CCn1cc(CCO)c2ccc(O)cc21. The van der Waals surface area contributed by atoms with Crippen molar-refractivity contribution in [3.8, 4) is 5.75 Å². The summed E-state index contributed by atoms with van der Waals surface area (Å²) in [6.45, 7) is 3.08. The van der Waals surface area contributed by atoms with E-state index >= 15 is 0 Å². The summed E-state index contributed by atoms with van der Waals surface area (Å²) in [4.78, 5) is 0. The molecular formula is C12H15NO2. The van der Waals surface area contributed by atoms with E-state index in [1.807, 2.05) is 12.3 Å². The van der Waals surface area contributed by atoms with Crippen molar-refractivity contribution in [1.82, 2.24) is 4.57 Å². The zero-order valence-corrected chi connectivity index (χ0v) is 8.77. The van der Waals surface area contributed by atoms with Crippen molar-refractivity contribution in [1.29, 1.82) is 0 Å². The first kappa shape index (κ1) is 10.1. The molecule has 80 valence electrons. The molecule has 0 saturated heterocycles. The first-order chi connectivity index (χ1) is 7.26. The molecule has 15 heavy (non-hydrogen) atoms. The fourth-order valence-electron chi connectivity index (χ4n) is 1.94. The number of phenols is 1. The second kappa shape index (κ2) is 3.95. The van der Waals surface area contributed by atoms with Gasteiger partial charge in [0, 0.05) is 30.8 Å². The Kier molecular flexibility index (Phi) is 2.64. The summed E-state index contributed by atoms with van der Waals surface area (Å²) in [5.41, 5.74) is 2.16. The van der Waals surface area contributed by atoms with Gasteiger partial charge in [-0.05, 0) is 31.0 Å². The van der Waals surface area contributed by atoms with Gasteiger partial charge in [0.2, 0.25) is 0 Å². The van der Waals surface area contributed by atoms with E-state index < -0.39 is 0 Å². The van der Waals surface area contributed by atoms with Crippen LogP contribution in [0.15, 0.2) is 24.4 Å². The van der Waals surface area contributed by atoms with Crippen molar-refractivity contribution in [3.63, 3.8) is 0 Å². The summed E-state index contributed by atoms with van der Waals surface area (Å²) < 4.78 is 2.08. The molecule has 2 aromatic rings. The number of benzene rings is 1. The molecule has 0 spiro atoms. The van der Waals surface area contributed by atoms with Crippen LogP contribution in [0.5, 0.6) is 5.75 Å². The Morgan fingerprint density at radius 2 is 2.13 bits per heavy atom. The van der Waals surface area contributed by atoms with E-state index in [9.17, 15) is 5.11 Å². The Balaban J connectivity index is 2.64. The number of aromatic hydroxyl groups is 1. The predicted molar refractivity (Wildman–Crippen MR) is 60.1 cm³/mol. The first-order valence-corrected chi connectivity index (χ1v) is 5.18. The number of fused-ring (bicyclic) bond motifs is 1. The Bertz CT molecular complexity index is 474. The summed E-state index contributed by atoms with van der Waals surface area (Å²) in [7, 11) is 0. The third kappa shape index (κ3) is 1.70. The minimum Gasteiger partial charge on any atom is -0.508 e. The molecule has 1 aromatic heterocycles. The number of hydrogen-bond acceptors (Lipinski definition) is 2. The Hall–Kier alpha value is -1.48. The van der Waals surface area contributed by atoms with Crippen LogP contribution in [0.1, 0.15) is 12.5 Å². The third-order valence-corrected chi connectivity index (χ3v) is 2.67. The van der Waals surface area contributed by atoms with Crippen molar-refractivity contribution in [2.75, 3.05) is 6.61 Å². The van der Waals surface area contributed by atoms with E-state index in [-0.39, 0.29) is 12.4 Å². The van der Waals surface area contributed by atoms with Crippen LogP contribution in [0.25, 0.3) is 10.9 Å². The van der Waals surface area contributed by atoms with E-state index in [0.717, 1.165) is 23.0 Å². The molecule has 1 heterocycles. The molecule has 0 fully saturated rings. The number of aliphatic hydroxyl groups is 1. The fraction of sp³-hybridized carbons (Fsp3) is 0.333. The first-order valence-electron chi connectivity index (χ1n) is 5.18. The Morgan fingerprint density at radius 3 is 2.80 bits per heavy atom. The monoisotopic (exact) mass is 205 g/mol. The molecule has 0 radical (unpaired) electrons. The highest BCUT2D eigenvalue weighted by molar-refractivity contribution is 5.85. The number of nitrogens with zero attached hydrogens (tertiary/aromatic N) is 1. The summed E-state index contributed by atoms with van der Waals surface area (Å²) >= 11 is 0. The van der Waals surface area contributed by atoms with Crippen LogP contribution in [-0.4, -0.2) is 21.4 Å². The molecule has 3 heteroatoms. The van der Waals surface area contributed by atoms with E-state index in [4.69, 9.17) is 5.11 Å². The summed E-state index contributed by atoms with van der Waals surface area (Å²) in [5, 5.41) is 19.5. The second-order valence-electron chi connectivity index (χ2n) is 3.62. The lowest BCUT2D eigenvalue weighted by molar-refractivity contribution is 0.300. The molecular weight excluding hydrogens is 190 g/mol. The van der Waals surface area contributed by atoms with Crippen LogP contribution in [-0.2, 0) is 13.0 Å². The van der Waals surface area contributed by atoms with Crippen LogP contribution in [0.3, 0.4) is 0 Å². The predicted octanol–water partition coefficient (Wildman–Crippen LogP) is 1.90. The second-order valence-corrected chi connectivity index (χ2v) is 3.62. The van der Waals surface area contributed by atoms with Crippen LogP contribution in [0, 0.1) is 0 Å². The lowest BCUT2D eigenvalue weighted by Gasteiger charge is -2.00. The number of phenolic OH excluding ortho intramolecular Hbond substituents is 1. The number of aromatic nitrogens is 1. The molecule has 2 N–H and O–H groups in total. The zero-order chi connectivity index (χ0) is 10.8. The van der Waals surface area contributed by atoms with Crippen LogP contribution >= 0.6 is 0 Å². The van der Waals surface area contributed by atoms with E-state index in [1.165, 1.54) is 0 Å². The average molecular weight is 205 g/mol. The van der Waals surface area contributed by atoms with Crippen LogP contribution < -0.4 is 0 Å². The van der Waals surface area contributed by atoms with Crippen LogP contribution in [0.4, 0.5) is 0 Å². The van der Waals surface area contributed by atoms with Crippen molar-refractivity contribution >= 4 is 10.9 Å². The van der Waals surface area contributed by atoms with Gasteiger partial charge in [-0.3, -0.25) is 0 Å². The summed E-state index contributed by atoms with van der Waals surface area (Å²) in [5.74, 6) is 0.283. The maximum atomic E-state index is 9.43. The number of hydrogen-bond donors (Lipinski definition) is 2. The average Bonchev–Trinajstić information content (AvgIpc) is 2.56. The molecule has 2 rings (SSSR count). The summed E-state index contributed by atoms with van der Waals surface area (Å²) in [6.07, 6.45) is 2.70. The topological polar surface area (TPSA) is 45.4 Å². The van der Waals surface area contributed by atoms with E-state index in [0.29, 0.717) is 6.42 Å². The van der Waals surface area contributed by atoms with Gasteiger partial charge in [-0.2, -0.15) is 0 Å². The van der Waals surface area contributed by atoms with Gasteiger partial charge in [0.1, 0.15) is 5.75 Å². The van der Waals surface area contributed by atoms with E-state index in [1.54, 1.807) is 12.1 Å². The van der Waals surface area contributed by atoms with Gasteiger partial charge in [0.05, 0.1) is 5.52 Å². The van der Waals surface area contributed by atoms with Crippen LogP contribution in [0.2, 0.25) is 0 Å². The number of aliphatic hydroxyl groups excluding tert-OH is 1. The zero-order valence-electron chi connectivity index (χ0n) is 8.77. The molecule has 0 saturated carbocycles. The highest BCUT2D eigenvalue weighted by Crippen LogP contribution is 2.25. The highest BCUT2D eigenvalue weighted by Gasteiger charge is 2.07. The Labute approximate surface area is 88.6 Å². The minimum atomic E-state index is 0.156. The van der Waals surface area contributed by atoms with E-state index in [2.05, 4.69) is 11.5 Å². The maximum Gasteiger partial charge on any atom is 0.117 e. The lowest BCUT2D eigenvalue weighted by atomic mass is 10.1. The van der Waals surface area contributed by atoms with Gasteiger partial charge in [0.15, 0.2) is 0 Å².